The summed E-state index contributed by atoms with van der Waals surface area (Å²) in [5.41, 5.74) is 0.280. The fourth-order valence-electron chi connectivity index (χ4n) is 0.938. The van der Waals surface area contributed by atoms with E-state index >= 15 is 0 Å². The Morgan fingerprint density at radius 3 is 2.71 bits per heavy atom. The molecule has 0 atom stereocenters. The van der Waals surface area contributed by atoms with Gasteiger partial charge < -0.3 is 9.97 Å². The Balaban J connectivity index is 0.000000461. The van der Waals surface area contributed by atoms with E-state index in [1.54, 1.807) is 0 Å². The summed E-state index contributed by atoms with van der Waals surface area (Å²) in [6, 6.07) is 1.50. The summed E-state index contributed by atoms with van der Waals surface area (Å²) in [5.74, 6) is -0.566. The molecule has 2 rings (SSSR count). The molecule has 0 bridgehead atoms. The fourth-order valence-corrected chi connectivity index (χ4v) is 1.24. The summed E-state index contributed by atoms with van der Waals surface area (Å²) in [5, 5.41) is 0.0851. The van der Waals surface area contributed by atoms with Crippen molar-refractivity contribution in [3.05, 3.63) is 28.3 Å². The van der Waals surface area contributed by atoms with Gasteiger partial charge in [-0.3, -0.25) is 0 Å². The normalized spacial score (nSPS) is 9.79. The van der Waals surface area contributed by atoms with Crippen molar-refractivity contribution in [3.63, 3.8) is 0 Å². The van der Waals surface area contributed by atoms with Crippen LogP contribution in [-0.2, 0) is 15.1 Å². The van der Waals surface area contributed by atoms with E-state index < -0.39 is 5.82 Å². The van der Waals surface area contributed by atoms with Crippen molar-refractivity contribution in [2.45, 2.75) is 0 Å². The zero-order chi connectivity index (χ0) is 10.7. The van der Waals surface area contributed by atoms with E-state index in [0.717, 1.165) is 0 Å². The number of pyridine rings is 1. The third-order valence-corrected chi connectivity index (χ3v) is 2.21. The van der Waals surface area contributed by atoms with Crippen LogP contribution in [0.1, 0.15) is 0 Å². The molecule has 0 unspecified atom stereocenters. The van der Waals surface area contributed by atoms with Crippen molar-refractivity contribution in [1.29, 1.82) is 0 Å². The molecular weight excluding hydrogens is 519 g/mol. The maximum absolute atomic E-state index is 13.2. The summed E-state index contributed by atoms with van der Waals surface area (Å²) < 4.78 is 13.2. The number of hydrogen-bond donors (Lipinski definition) is 0. The number of aromatic nitrogens is 2. The molecule has 0 fully saturated rings. The maximum atomic E-state index is 13.2. The second-order valence-electron chi connectivity index (χ2n) is 2.21. The molecule has 14 heavy (non-hydrogen) atoms. The molecule has 2 heterocycles. The van der Waals surface area contributed by atoms with E-state index in [2.05, 4.69) is 29.6 Å². The first-order valence-electron chi connectivity index (χ1n) is 3.25. The molecule has 2 nitrogen and oxygen atoms in total. The van der Waals surface area contributed by atoms with Crippen LogP contribution in [0.2, 0.25) is 10.2 Å². The molecule has 0 N–H and O–H groups in total. The monoisotopic (exact) mass is 522 g/mol. The molecule has 0 saturated carbocycles. The van der Waals surface area contributed by atoms with Crippen LogP contribution in [0.4, 0.5) is 4.39 Å². The van der Waals surface area contributed by atoms with Gasteiger partial charge in [0.25, 0.3) is 0 Å². The van der Waals surface area contributed by atoms with E-state index in [1.807, 2.05) is 15.1 Å². The van der Waals surface area contributed by atoms with Crippen LogP contribution in [0.15, 0.2) is 12.3 Å². The van der Waals surface area contributed by atoms with Crippen molar-refractivity contribution in [2.24, 2.45) is 0 Å². The molecule has 0 saturated heterocycles. The third-order valence-electron chi connectivity index (χ3n) is 1.49. The fraction of sp³-hybridized carbons (Fsp3) is 0. The summed E-state index contributed by atoms with van der Waals surface area (Å²) in [6.45, 7) is 0. The zero-order valence-electron chi connectivity index (χ0n) is 6.41. The predicted molar refractivity (Wildman–Crippen MR) is 59.1 cm³/mol. The average molecular weight is 521 g/mol. The standard InChI is InChI=1S/C7H2Cl2FN2.HI.Os/c8-4-5(10)3-1-2-11-7(3)12-6(4)9;;/h1-2H;1H;/q-1;;+1/p-1. The molecule has 0 amide bonds. The van der Waals surface area contributed by atoms with Gasteiger partial charge in [0, 0.05) is 10.5 Å². The van der Waals surface area contributed by atoms with Gasteiger partial charge in [-0.05, 0) is 5.65 Å². The van der Waals surface area contributed by atoms with E-state index in [-0.39, 0.29) is 15.8 Å². The van der Waals surface area contributed by atoms with Gasteiger partial charge in [0.1, 0.15) is 5.82 Å². The van der Waals surface area contributed by atoms with Crippen LogP contribution in [0.3, 0.4) is 0 Å². The van der Waals surface area contributed by atoms with Gasteiger partial charge in [0.15, 0.2) is 0 Å². The molecule has 7 heteroatoms. The summed E-state index contributed by atoms with van der Waals surface area (Å²) >= 11 is 15.1. The van der Waals surface area contributed by atoms with Gasteiger partial charge in [-0.15, -0.1) is 0 Å². The SMILES string of the molecule is Fc1c(Cl)c(Cl)nc2[n-]ccc12.[I][Os]. The minimum absolute atomic E-state index is 0.0552. The molecule has 0 aliphatic rings. The van der Waals surface area contributed by atoms with E-state index in [1.165, 1.54) is 12.3 Å². The molecule has 2 aromatic heterocycles. The van der Waals surface area contributed by atoms with Crippen LogP contribution in [-0.4, -0.2) is 4.98 Å². The van der Waals surface area contributed by atoms with Gasteiger partial charge in [-0.1, -0.05) is 35.5 Å². The summed E-state index contributed by atoms with van der Waals surface area (Å²) in [6.07, 6.45) is 1.45. The summed E-state index contributed by atoms with van der Waals surface area (Å²) in [7, 11) is 0. The van der Waals surface area contributed by atoms with Gasteiger partial charge in [-0.25, -0.2) is 4.39 Å². The number of rotatable bonds is 0. The quantitative estimate of drug-likeness (QED) is 0.392. The molecule has 0 radical (unpaired) electrons. The Morgan fingerprint density at radius 1 is 1.43 bits per heavy atom. The first-order chi connectivity index (χ1) is 6.70. The second-order valence-corrected chi connectivity index (χ2v) is 2.95. The second kappa shape index (κ2) is 5.60. The number of halogens is 4. The Morgan fingerprint density at radius 2 is 2.07 bits per heavy atom. The summed E-state index contributed by atoms with van der Waals surface area (Å²) in [4.78, 5) is 7.57. The number of nitrogens with zero attached hydrogens (tertiary/aromatic N) is 2. The van der Waals surface area contributed by atoms with Gasteiger partial charge in [0.05, 0.1) is 5.02 Å². The molecule has 0 spiro atoms. The van der Waals surface area contributed by atoms with Crippen molar-refractivity contribution in [3.8, 4) is 0 Å². The van der Waals surface area contributed by atoms with Crippen molar-refractivity contribution >= 4 is 53.9 Å². The predicted octanol–water partition coefficient (Wildman–Crippen LogP) is 3.52. The van der Waals surface area contributed by atoms with Crippen LogP contribution >= 0.6 is 42.9 Å². The molecule has 77 valence electrons. The third kappa shape index (κ3) is 2.38. The molecule has 0 aliphatic heterocycles. The van der Waals surface area contributed by atoms with Crippen molar-refractivity contribution in [1.82, 2.24) is 9.97 Å². The Hall–Kier alpha value is 0.566. The Labute approximate surface area is 111 Å². The van der Waals surface area contributed by atoms with E-state index in [0.29, 0.717) is 5.39 Å². The van der Waals surface area contributed by atoms with E-state index in [9.17, 15) is 4.39 Å². The Bertz CT molecular complexity index is 448. The molecule has 0 aromatic carbocycles. The van der Waals surface area contributed by atoms with Crippen molar-refractivity contribution < 1.29 is 19.4 Å². The Kier molecular flexibility index (Phi) is 5.05. The molecule has 2 aromatic rings. The minimum atomic E-state index is -0.566. The van der Waals surface area contributed by atoms with Crippen molar-refractivity contribution in [2.75, 3.05) is 0 Å². The van der Waals surface area contributed by atoms with Crippen LogP contribution in [0.25, 0.3) is 11.0 Å². The van der Waals surface area contributed by atoms with Crippen LogP contribution in [0, 0.1) is 5.82 Å². The first-order valence-corrected chi connectivity index (χ1v) is 11.2. The van der Waals surface area contributed by atoms with E-state index in [4.69, 9.17) is 23.2 Å². The first kappa shape index (κ1) is 12.6. The molecular formula is C7H2Cl2FIN2Os-. The van der Waals surface area contributed by atoms with Crippen LogP contribution in [0.5, 0.6) is 0 Å². The average Bonchev–Trinajstić information content (AvgIpc) is 2.65. The zero-order valence-corrected chi connectivity index (χ0v) is 12.6. The van der Waals surface area contributed by atoms with Gasteiger partial charge >= 0.3 is 34.7 Å². The topological polar surface area (TPSA) is 27.0 Å². The number of fused-ring (bicyclic) bond motifs is 1. The van der Waals surface area contributed by atoms with Gasteiger partial charge in [-0.2, -0.15) is 0 Å². The molecule has 0 aliphatic carbocycles. The number of hydrogen-bond acceptors (Lipinski definition) is 1. The van der Waals surface area contributed by atoms with Gasteiger partial charge in [0.2, 0.25) is 0 Å². The van der Waals surface area contributed by atoms with Crippen LogP contribution < -0.4 is 4.98 Å².